The minimum absolute atomic E-state index is 0.0245. The number of nitrogens with zero attached hydrogens (tertiary/aromatic N) is 3. The summed E-state index contributed by atoms with van der Waals surface area (Å²) in [6.07, 6.45) is 2.50. The van der Waals surface area contributed by atoms with E-state index in [4.69, 9.17) is 4.74 Å². The summed E-state index contributed by atoms with van der Waals surface area (Å²) in [6.45, 7) is 1.72. The Morgan fingerprint density at radius 3 is 2.73 bits per heavy atom. The topological polar surface area (TPSA) is 98.5 Å². The highest BCUT2D eigenvalue weighted by molar-refractivity contribution is 5.99. The maximum absolute atomic E-state index is 13.0. The first-order valence-electron chi connectivity index (χ1n) is 10.8. The number of carbonyl (C=O) groups excluding carboxylic acids is 1. The number of carbonyl (C=O) groups is 1. The van der Waals surface area contributed by atoms with Gasteiger partial charge in [-0.2, -0.15) is 13.9 Å². The lowest BCUT2D eigenvalue weighted by Crippen LogP contribution is -2.54. The standard InChI is InChI=1S/C23H26F2N4O4/c1-14(2)29-18-11-16(21(31)27-23(13-30)6-8-32-9-7-23)12-26-20(18)19(28-29)15-4-3-5-17(10-15)33-22(24)25/h3-5,10-12,14,22,30H,6-9,13H2,1-2H3,(H,27,31). The Hall–Kier alpha value is -3.11. The van der Waals surface area contributed by atoms with Crippen molar-refractivity contribution in [3.05, 3.63) is 42.1 Å². The molecule has 2 N–H and O–H groups in total. The van der Waals surface area contributed by atoms with Crippen LogP contribution in [0.2, 0.25) is 0 Å². The summed E-state index contributed by atoms with van der Waals surface area (Å²) in [6, 6.07) is 7.94. The minimum Gasteiger partial charge on any atom is -0.435 e. The first-order chi connectivity index (χ1) is 15.8. The van der Waals surface area contributed by atoms with Gasteiger partial charge in [0.05, 0.1) is 23.2 Å². The van der Waals surface area contributed by atoms with Gasteiger partial charge in [-0.1, -0.05) is 12.1 Å². The molecule has 0 bridgehead atoms. The summed E-state index contributed by atoms with van der Waals surface area (Å²) in [5.41, 5.74) is 1.87. The molecule has 4 rings (SSSR count). The number of amides is 1. The summed E-state index contributed by atoms with van der Waals surface area (Å²) in [5, 5.41) is 17.5. The molecule has 0 unspecified atom stereocenters. The van der Waals surface area contributed by atoms with Gasteiger partial charge in [-0.05, 0) is 44.9 Å². The van der Waals surface area contributed by atoms with E-state index in [1.807, 2.05) is 13.8 Å². The third-order valence-corrected chi connectivity index (χ3v) is 5.76. The molecule has 1 fully saturated rings. The van der Waals surface area contributed by atoms with Gasteiger partial charge in [-0.3, -0.25) is 14.5 Å². The molecular formula is C23H26F2N4O4. The highest BCUT2D eigenvalue weighted by Crippen LogP contribution is 2.31. The van der Waals surface area contributed by atoms with Gasteiger partial charge in [0.25, 0.3) is 5.91 Å². The molecule has 10 heteroatoms. The number of aliphatic hydroxyl groups is 1. The summed E-state index contributed by atoms with van der Waals surface area (Å²) in [4.78, 5) is 17.5. The second kappa shape index (κ2) is 9.40. The molecule has 1 aliphatic rings. The number of fused-ring (bicyclic) bond motifs is 1. The summed E-state index contributed by atoms with van der Waals surface area (Å²) in [5.74, 6) is -0.317. The smallest absolute Gasteiger partial charge is 0.387 e. The highest BCUT2D eigenvalue weighted by atomic mass is 19.3. The lowest BCUT2D eigenvalue weighted by Gasteiger charge is -2.36. The Kier molecular flexibility index (Phi) is 6.57. The summed E-state index contributed by atoms with van der Waals surface area (Å²) in [7, 11) is 0. The van der Waals surface area contributed by atoms with E-state index in [1.165, 1.54) is 18.3 Å². The highest BCUT2D eigenvalue weighted by Gasteiger charge is 2.34. The Labute approximate surface area is 189 Å². The molecule has 1 amide bonds. The van der Waals surface area contributed by atoms with Crippen molar-refractivity contribution in [2.24, 2.45) is 0 Å². The first-order valence-corrected chi connectivity index (χ1v) is 10.8. The molecule has 1 aliphatic heterocycles. The van der Waals surface area contributed by atoms with Crippen LogP contribution in [0.4, 0.5) is 8.78 Å². The van der Waals surface area contributed by atoms with Crippen molar-refractivity contribution in [2.45, 2.75) is 44.9 Å². The molecular weight excluding hydrogens is 434 g/mol. The van der Waals surface area contributed by atoms with Crippen molar-refractivity contribution in [1.29, 1.82) is 0 Å². The molecule has 3 aromatic rings. The van der Waals surface area contributed by atoms with Crippen LogP contribution in [0.1, 0.15) is 43.1 Å². The molecule has 0 aliphatic carbocycles. The number of halogens is 2. The van der Waals surface area contributed by atoms with Crippen molar-refractivity contribution in [3.8, 4) is 17.0 Å². The number of alkyl halides is 2. The van der Waals surface area contributed by atoms with Crippen LogP contribution >= 0.6 is 0 Å². The van der Waals surface area contributed by atoms with E-state index < -0.39 is 12.2 Å². The van der Waals surface area contributed by atoms with Crippen LogP contribution in [0.5, 0.6) is 5.75 Å². The van der Waals surface area contributed by atoms with E-state index >= 15 is 0 Å². The molecule has 1 saturated heterocycles. The quantitative estimate of drug-likeness (QED) is 0.560. The first kappa shape index (κ1) is 23.1. The van der Waals surface area contributed by atoms with Gasteiger partial charge in [0, 0.05) is 31.0 Å². The van der Waals surface area contributed by atoms with Gasteiger partial charge in [0.15, 0.2) is 0 Å². The SMILES string of the molecule is CC(C)n1nc(-c2cccc(OC(F)F)c2)c2ncc(C(=O)NC3(CO)CCOCC3)cc21. The number of benzene rings is 1. The fraction of sp³-hybridized carbons (Fsp3) is 0.435. The molecule has 8 nitrogen and oxygen atoms in total. The van der Waals surface area contributed by atoms with Crippen molar-refractivity contribution in [3.63, 3.8) is 0 Å². The zero-order chi connectivity index (χ0) is 23.6. The van der Waals surface area contributed by atoms with Crippen LogP contribution in [0, 0.1) is 0 Å². The lowest BCUT2D eigenvalue weighted by molar-refractivity contribution is -0.0498. The van der Waals surface area contributed by atoms with Crippen LogP contribution in [0.3, 0.4) is 0 Å². The van der Waals surface area contributed by atoms with Gasteiger partial charge >= 0.3 is 6.61 Å². The number of hydrogen-bond donors (Lipinski definition) is 2. The van der Waals surface area contributed by atoms with Crippen molar-refractivity contribution < 1.29 is 28.2 Å². The normalized spacial score (nSPS) is 15.8. The molecule has 2 aromatic heterocycles. The van der Waals surface area contributed by atoms with E-state index in [9.17, 15) is 18.7 Å². The monoisotopic (exact) mass is 460 g/mol. The molecule has 0 spiro atoms. The third kappa shape index (κ3) is 4.81. The van der Waals surface area contributed by atoms with Crippen LogP contribution in [-0.4, -0.2) is 57.7 Å². The number of hydrogen-bond acceptors (Lipinski definition) is 6. The van der Waals surface area contributed by atoms with E-state index in [1.54, 1.807) is 22.9 Å². The van der Waals surface area contributed by atoms with Crippen molar-refractivity contribution >= 4 is 16.9 Å². The Morgan fingerprint density at radius 1 is 1.30 bits per heavy atom. The molecule has 176 valence electrons. The van der Waals surface area contributed by atoms with Crippen molar-refractivity contribution in [1.82, 2.24) is 20.1 Å². The average Bonchev–Trinajstić information content (AvgIpc) is 3.18. The lowest BCUT2D eigenvalue weighted by atomic mass is 9.90. The number of pyridine rings is 1. The second-order valence-electron chi connectivity index (χ2n) is 8.39. The number of aromatic nitrogens is 3. The molecule has 3 heterocycles. The zero-order valence-electron chi connectivity index (χ0n) is 18.4. The number of aliphatic hydroxyl groups excluding tert-OH is 1. The number of nitrogens with one attached hydrogen (secondary N) is 1. The van der Waals surface area contributed by atoms with Gasteiger partial charge in [-0.15, -0.1) is 0 Å². The summed E-state index contributed by atoms with van der Waals surface area (Å²) >= 11 is 0. The van der Waals surface area contributed by atoms with E-state index in [2.05, 4.69) is 20.1 Å². The number of ether oxygens (including phenoxy) is 2. The van der Waals surface area contributed by atoms with Gasteiger partial charge in [0.2, 0.25) is 0 Å². The third-order valence-electron chi connectivity index (χ3n) is 5.76. The van der Waals surface area contributed by atoms with Gasteiger partial charge in [0.1, 0.15) is 17.0 Å². The summed E-state index contributed by atoms with van der Waals surface area (Å²) < 4.78 is 36.9. The zero-order valence-corrected chi connectivity index (χ0v) is 18.4. The predicted octanol–water partition coefficient (Wildman–Crippen LogP) is 3.55. The van der Waals surface area contributed by atoms with Crippen LogP contribution in [0.15, 0.2) is 36.5 Å². The fourth-order valence-corrected chi connectivity index (χ4v) is 3.95. The largest absolute Gasteiger partial charge is 0.435 e. The molecule has 1 aromatic carbocycles. The maximum atomic E-state index is 13.0. The Balaban J connectivity index is 1.71. The number of rotatable bonds is 7. The maximum Gasteiger partial charge on any atom is 0.387 e. The molecule has 33 heavy (non-hydrogen) atoms. The predicted molar refractivity (Wildman–Crippen MR) is 117 cm³/mol. The van der Waals surface area contributed by atoms with E-state index in [0.29, 0.717) is 53.9 Å². The second-order valence-corrected chi connectivity index (χ2v) is 8.39. The van der Waals surface area contributed by atoms with E-state index in [-0.39, 0.29) is 24.3 Å². The van der Waals surface area contributed by atoms with Gasteiger partial charge < -0.3 is 19.9 Å². The average molecular weight is 460 g/mol. The van der Waals surface area contributed by atoms with Crippen LogP contribution < -0.4 is 10.1 Å². The molecule has 0 atom stereocenters. The van der Waals surface area contributed by atoms with Gasteiger partial charge in [-0.25, -0.2) is 0 Å². The molecule has 0 radical (unpaired) electrons. The minimum atomic E-state index is -2.93. The van der Waals surface area contributed by atoms with E-state index in [0.717, 1.165) is 0 Å². The molecule has 0 saturated carbocycles. The van der Waals surface area contributed by atoms with Crippen LogP contribution in [-0.2, 0) is 4.74 Å². The van der Waals surface area contributed by atoms with Crippen molar-refractivity contribution in [2.75, 3.05) is 19.8 Å². The Morgan fingerprint density at radius 2 is 2.06 bits per heavy atom. The fourth-order valence-electron chi connectivity index (χ4n) is 3.95. The van der Waals surface area contributed by atoms with Crippen LogP contribution in [0.25, 0.3) is 22.3 Å². The Bertz CT molecular complexity index is 1140.